The molecule has 0 fully saturated rings. The smallest absolute Gasteiger partial charge is 0.265 e. The van der Waals surface area contributed by atoms with E-state index in [0.29, 0.717) is 29.5 Å². The van der Waals surface area contributed by atoms with E-state index in [1.807, 2.05) is 24.3 Å². The zero-order valence-electron chi connectivity index (χ0n) is 15.7. The molecule has 2 rings (SSSR count). The molecular weight excluding hydrogens is 328 g/mol. The lowest BCUT2D eigenvalue weighted by Crippen LogP contribution is -2.30. The third-order valence-corrected chi connectivity index (χ3v) is 3.96. The Morgan fingerprint density at radius 2 is 1.58 bits per heavy atom. The van der Waals surface area contributed by atoms with E-state index in [1.165, 1.54) is 5.56 Å². The number of ether oxygens (including phenoxy) is 1. The van der Waals surface area contributed by atoms with Crippen molar-refractivity contribution >= 4 is 23.2 Å². The molecule has 5 nitrogen and oxygen atoms in total. The van der Waals surface area contributed by atoms with Gasteiger partial charge in [-0.3, -0.25) is 9.59 Å². The lowest BCUT2D eigenvalue weighted by Gasteiger charge is -2.16. The van der Waals surface area contributed by atoms with Gasteiger partial charge in [-0.1, -0.05) is 39.0 Å². The van der Waals surface area contributed by atoms with Crippen molar-refractivity contribution in [2.24, 2.45) is 0 Å². The predicted octanol–water partition coefficient (Wildman–Crippen LogP) is 4.56. The highest BCUT2D eigenvalue weighted by Gasteiger charge is 2.15. The molecule has 0 spiro atoms. The fourth-order valence-electron chi connectivity index (χ4n) is 2.36. The Morgan fingerprint density at radius 1 is 0.962 bits per heavy atom. The molecule has 2 amide bonds. The number of carbonyl (C=O) groups is 2. The first kappa shape index (κ1) is 19.5. The molecule has 0 saturated heterocycles. The van der Waals surface area contributed by atoms with Crippen molar-refractivity contribution in [2.75, 3.05) is 10.6 Å². The van der Waals surface area contributed by atoms with E-state index in [0.717, 1.165) is 0 Å². The van der Waals surface area contributed by atoms with Gasteiger partial charge in [-0.15, -0.1) is 0 Å². The van der Waals surface area contributed by atoms with Crippen molar-refractivity contribution in [3.8, 4) is 5.75 Å². The minimum atomic E-state index is -0.645. The molecule has 0 aromatic heterocycles. The standard InChI is InChI=1S/C21H26N2O3/c1-5-20(24)22-17-7-6-8-18(13-17)23-21(25)15(4)26-19-11-9-16(10-12-19)14(2)3/h6-15H,5H2,1-4H3,(H,22,24)(H,23,25). The Bertz CT molecular complexity index is 754. The maximum absolute atomic E-state index is 12.4. The van der Waals surface area contributed by atoms with E-state index < -0.39 is 6.10 Å². The van der Waals surface area contributed by atoms with Crippen LogP contribution in [-0.2, 0) is 9.59 Å². The first-order valence-electron chi connectivity index (χ1n) is 8.86. The number of benzene rings is 2. The molecule has 1 unspecified atom stereocenters. The maximum Gasteiger partial charge on any atom is 0.265 e. The van der Waals surface area contributed by atoms with Gasteiger partial charge in [0.1, 0.15) is 5.75 Å². The van der Waals surface area contributed by atoms with Crippen molar-refractivity contribution in [1.29, 1.82) is 0 Å². The second-order valence-electron chi connectivity index (χ2n) is 6.46. The fourth-order valence-corrected chi connectivity index (χ4v) is 2.36. The lowest BCUT2D eigenvalue weighted by molar-refractivity contribution is -0.122. The second kappa shape index (κ2) is 9.04. The van der Waals surface area contributed by atoms with Gasteiger partial charge in [0.15, 0.2) is 6.10 Å². The largest absolute Gasteiger partial charge is 0.481 e. The molecule has 0 radical (unpaired) electrons. The van der Waals surface area contributed by atoms with Crippen LogP contribution in [0, 0.1) is 0 Å². The molecule has 1 atom stereocenters. The first-order chi connectivity index (χ1) is 12.4. The van der Waals surface area contributed by atoms with Crippen molar-refractivity contribution in [2.45, 2.75) is 46.1 Å². The molecule has 0 aliphatic carbocycles. The fraction of sp³-hybridized carbons (Fsp3) is 0.333. The van der Waals surface area contributed by atoms with Gasteiger partial charge < -0.3 is 15.4 Å². The summed E-state index contributed by atoms with van der Waals surface area (Å²) in [4.78, 5) is 23.8. The summed E-state index contributed by atoms with van der Waals surface area (Å²) in [6.45, 7) is 7.74. The average molecular weight is 354 g/mol. The van der Waals surface area contributed by atoms with Crippen molar-refractivity contribution in [1.82, 2.24) is 0 Å². The van der Waals surface area contributed by atoms with Crippen LogP contribution in [0.4, 0.5) is 11.4 Å². The van der Waals surface area contributed by atoms with E-state index in [1.54, 1.807) is 38.1 Å². The molecule has 5 heteroatoms. The van der Waals surface area contributed by atoms with Crippen LogP contribution < -0.4 is 15.4 Å². The van der Waals surface area contributed by atoms with Crippen molar-refractivity contribution < 1.29 is 14.3 Å². The topological polar surface area (TPSA) is 67.4 Å². The van der Waals surface area contributed by atoms with Crippen LogP contribution >= 0.6 is 0 Å². The Morgan fingerprint density at radius 3 is 2.15 bits per heavy atom. The van der Waals surface area contributed by atoms with Crippen LogP contribution in [0.15, 0.2) is 48.5 Å². The third-order valence-electron chi connectivity index (χ3n) is 3.96. The summed E-state index contributed by atoms with van der Waals surface area (Å²) < 4.78 is 5.71. The van der Waals surface area contributed by atoms with Crippen molar-refractivity contribution in [3.05, 3.63) is 54.1 Å². The minimum absolute atomic E-state index is 0.0741. The van der Waals surface area contributed by atoms with Gasteiger partial charge in [0.2, 0.25) is 5.91 Å². The Balaban J connectivity index is 1.96. The minimum Gasteiger partial charge on any atom is -0.481 e. The molecule has 0 bridgehead atoms. The lowest BCUT2D eigenvalue weighted by atomic mass is 10.0. The number of rotatable bonds is 7. The Hall–Kier alpha value is -2.82. The molecule has 0 aliphatic rings. The Kier molecular flexibility index (Phi) is 6.78. The molecule has 26 heavy (non-hydrogen) atoms. The van der Waals surface area contributed by atoms with E-state index in [-0.39, 0.29) is 11.8 Å². The molecule has 0 heterocycles. The van der Waals surface area contributed by atoms with Crippen LogP contribution in [0.25, 0.3) is 0 Å². The molecule has 0 aliphatic heterocycles. The average Bonchev–Trinajstić information content (AvgIpc) is 2.62. The Labute approximate surface area is 154 Å². The molecule has 2 aromatic rings. The first-order valence-corrected chi connectivity index (χ1v) is 8.86. The van der Waals surface area contributed by atoms with Crippen LogP contribution in [0.1, 0.15) is 45.6 Å². The van der Waals surface area contributed by atoms with Gasteiger partial charge >= 0.3 is 0 Å². The van der Waals surface area contributed by atoms with Gasteiger partial charge in [-0.25, -0.2) is 0 Å². The number of anilines is 2. The van der Waals surface area contributed by atoms with Gasteiger partial charge in [-0.05, 0) is 48.7 Å². The third kappa shape index (κ3) is 5.62. The molecule has 2 aromatic carbocycles. The monoisotopic (exact) mass is 354 g/mol. The van der Waals surface area contributed by atoms with Crippen LogP contribution in [-0.4, -0.2) is 17.9 Å². The molecule has 0 saturated carbocycles. The van der Waals surface area contributed by atoms with E-state index in [2.05, 4.69) is 24.5 Å². The molecule has 138 valence electrons. The van der Waals surface area contributed by atoms with E-state index >= 15 is 0 Å². The van der Waals surface area contributed by atoms with Crippen LogP contribution in [0.5, 0.6) is 5.75 Å². The van der Waals surface area contributed by atoms with Gasteiger partial charge in [0.05, 0.1) is 0 Å². The van der Waals surface area contributed by atoms with E-state index in [9.17, 15) is 9.59 Å². The summed E-state index contributed by atoms with van der Waals surface area (Å²) in [6, 6.07) is 14.8. The number of hydrogen-bond donors (Lipinski definition) is 2. The zero-order chi connectivity index (χ0) is 19.1. The maximum atomic E-state index is 12.4. The summed E-state index contributed by atoms with van der Waals surface area (Å²) in [5.74, 6) is 0.776. The number of carbonyl (C=O) groups excluding carboxylic acids is 2. The van der Waals surface area contributed by atoms with Gasteiger partial charge in [0, 0.05) is 17.8 Å². The summed E-state index contributed by atoms with van der Waals surface area (Å²) in [6.07, 6.45) is -0.245. The quantitative estimate of drug-likeness (QED) is 0.766. The van der Waals surface area contributed by atoms with Gasteiger partial charge in [-0.2, -0.15) is 0 Å². The number of nitrogens with one attached hydrogen (secondary N) is 2. The van der Waals surface area contributed by atoms with Gasteiger partial charge in [0.25, 0.3) is 5.91 Å². The SMILES string of the molecule is CCC(=O)Nc1cccc(NC(=O)C(C)Oc2ccc(C(C)C)cc2)c1. The van der Waals surface area contributed by atoms with Crippen LogP contribution in [0.2, 0.25) is 0 Å². The highest BCUT2D eigenvalue weighted by molar-refractivity contribution is 5.95. The highest BCUT2D eigenvalue weighted by Crippen LogP contribution is 2.20. The van der Waals surface area contributed by atoms with E-state index in [4.69, 9.17) is 4.74 Å². The second-order valence-corrected chi connectivity index (χ2v) is 6.46. The summed E-state index contributed by atoms with van der Waals surface area (Å²) in [5, 5.41) is 5.58. The molecule has 2 N–H and O–H groups in total. The highest BCUT2D eigenvalue weighted by atomic mass is 16.5. The zero-order valence-corrected chi connectivity index (χ0v) is 15.7. The van der Waals surface area contributed by atoms with Crippen LogP contribution in [0.3, 0.4) is 0 Å². The summed E-state index contributed by atoms with van der Waals surface area (Å²) in [7, 11) is 0. The summed E-state index contributed by atoms with van der Waals surface area (Å²) >= 11 is 0. The molecular formula is C21H26N2O3. The number of hydrogen-bond acceptors (Lipinski definition) is 3. The normalized spacial score (nSPS) is 11.7. The predicted molar refractivity (Wildman–Crippen MR) is 105 cm³/mol. The summed E-state index contributed by atoms with van der Waals surface area (Å²) in [5.41, 5.74) is 2.47. The van der Waals surface area contributed by atoms with Crippen molar-refractivity contribution in [3.63, 3.8) is 0 Å². The number of amides is 2.